The number of hydrogen-bond donors (Lipinski definition) is 1. The van der Waals surface area contributed by atoms with Crippen molar-refractivity contribution >= 4 is 11.9 Å². The van der Waals surface area contributed by atoms with Crippen molar-refractivity contribution in [2.75, 3.05) is 13.2 Å². The highest BCUT2D eigenvalue weighted by Gasteiger charge is 2.16. The van der Waals surface area contributed by atoms with Gasteiger partial charge in [0, 0.05) is 12.8 Å². The van der Waals surface area contributed by atoms with E-state index in [1.54, 1.807) is 0 Å². The van der Waals surface area contributed by atoms with Crippen LogP contribution in [0.2, 0.25) is 0 Å². The van der Waals surface area contributed by atoms with Crippen LogP contribution in [0.4, 0.5) is 0 Å². The number of allylic oxidation sites excluding steroid dienone is 12. The van der Waals surface area contributed by atoms with E-state index in [-0.39, 0.29) is 25.2 Å². The molecule has 0 saturated heterocycles. The Morgan fingerprint density at radius 2 is 0.524 bits per heavy atom. The number of unbranched alkanes of at least 4 members (excludes halogenated alkanes) is 48. The van der Waals surface area contributed by atoms with Gasteiger partial charge in [-0.1, -0.05) is 382 Å². The van der Waals surface area contributed by atoms with Crippen LogP contribution in [0, 0.1) is 0 Å². The minimum absolute atomic E-state index is 0.0619. The third-order valence-electron chi connectivity index (χ3n) is 16.5. The molecule has 0 aromatic carbocycles. The molecule has 1 N–H and O–H groups in total. The van der Waals surface area contributed by atoms with Crippen LogP contribution >= 0.6 is 0 Å². The molecule has 0 amide bonds. The average molecular weight is 1150 g/mol. The number of carbonyl (C=O) groups excluding carboxylic acids is 2. The van der Waals surface area contributed by atoms with E-state index in [1.807, 2.05) is 0 Å². The summed E-state index contributed by atoms with van der Waals surface area (Å²) in [7, 11) is 0. The number of rotatable bonds is 68. The second kappa shape index (κ2) is 72.6. The van der Waals surface area contributed by atoms with Crippen molar-refractivity contribution in [2.24, 2.45) is 0 Å². The van der Waals surface area contributed by atoms with Gasteiger partial charge in [0.15, 0.2) is 6.10 Å². The second-order valence-electron chi connectivity index (χ2n) is 24.7. The Balaban J connectivity index is 3.41. The van der Waals surface area contributed by atoms with Gasteiger partial charge >= 0.3 is 11.9 Å². The van der Waals surface area contributed by atoms with Gasteiger partial charge in [-0.25, -0.2) is 0 Å². The summed E-state index contributed by atoms with van der Waals surface area (Å²) in [5.74, 6) is -0.571. The summed E-state index contributed by atoms with van der Waals surface area (Å²) in [5, 5.41) is 9.71. The Labute approximate surface area is 512 Å². The predicted octanol–water partition coefficient (Wildman–Crippen LogP) is 25.4. The molecule has 0 aliphatic heterocycles. The van der Waals surface area contributed by atoms with E-state index in [0.717, 1.165) is 70.6 Å². The van der Waals surface area contributed by atoms with E-state index in [1.165, 1.54) is 289 Å². The zero-order valence-corrected chi connectivity index (χ0v) is 55.0. The van der Waals surface area contributed by atoms with Crippen molar-refractivity contribution in [3.05, 3.63) is 72.9 Å². The molecule has 1 unspecified atom stereocenters. The molecule has 5 nitrogen and oxygen atoms in total. The first-order valence-corrected chi connectivity index (χ1v) is 36.5. The van der Waals surface area contributed by atoms with Crippen LogP contribution in [0.5, 0.6) is 0 Å². The van der Waals surface area contributed by atoms with E-state index in [0.29, 0.717) is 12.8 Å². The van der Waals surface area contributed by atoms with Gasteiger partial charge in [-0.3, -0.25) is 9.59 Å². The maximum Gasteiger partial charge on any atom is 0.306 e. The number of esters is 2. The Morgan fingerprint density at radius 3 is 0.793 bits per heavy atom. The van der Waals surface area contributed by atoms with Crippen LogP contribution in [0.15, 0.2) is 72.9 Å². The summed E-state index contributed by atoms with van der Waals surface area (Å²) in [6.45, 7) is 4.08. The summed E-state index contributed by atoms with van der Waals surface area (Å²) in [6, 6.07) is 0. The number of aliphatic hydroxyl groups excluding tert-OH is 1. The van der Waals surface area contributed by atoms with Gasteiger partial charge in [0.05, 0.1) is 6.61 Å². The summed E-state index contributed by atoms with van der Waals surface area (Å²) in [6.07, 6.45) is 101. The Hall–Kier alpha value is -2.66. The Kier molecular flexibility index (Phi) is 70.2. The molecule has 1 atom stereocenters. The zero-order valence-electron chi connectivity index (χ0n) is 55.0. The first-order valence-electron chi connectivity index (χ1n) is 36.5. The van der Waals surface area contributed by atoms with Crippen molar-refractivity contribution < 1.29 is 24.2 Å². The molecule has 0 aromatic rings. The van der Waals surface area contributed by atoms with Gasteiger partial charge in [0.1, 0.15) is 6.61 Å². The highest BCUT2D eigenvalue weighted by Crippen LogP contribution is 2.19. The second-order valence-corrected chi connectivity index (χ2v) is 24.7. The lowest BCUT2D eigenvalue weighted by Crippen LogP contribution is -2.28. The summed E-state index contributed by atoms with van der Waals surface area (Å²) in [5.41, 5.74) is 0. The van der Waals surface area contributed by atoms with Crippen LogP contribution in [0.3, 0.4) is 0 Å². The highest BCUT2D eigenvalue weighted by atomic mass is 16.6. The molecule has 0 spiro atoms. The van der Waals surface area contributed by atoms with Gasteiger partial charge < -0.3 is 14.6 Å². The molecule has 82 heavy (non-hydrogen) atoms. The molecule has 0 radical (unpaired) electrons. The normalized spacial score (nSPS) is 12.6. The summed E-state index contributed by atoms with van der Waals surface area (Å²) < 4.78 is 10.8. The summed E-state index contributed by atoms with van der Waals surface area (Å²) in [4.78, 5) is 24.7. The van der Waals surface area contributed by atoms with E-state index >= 15 is 0 Å². The average Bonchev–Trinajstić information content (AvgIpc) is 3.49. The molecule has 0 aromatic heterocycles. The van der Waals surface area contributed by atoms with E-state index in [2.05, 4.69) is 86.8 Å². The monoisotopic (exact) mass is 1150 g/mol. The largest absolute Gasteiger partial charge is 0.462 e. The lowest BCUT2D eigenvalue weighted by atomic mass is 10.0. The van der Waals surface area contributed by atoms with Crippen molar-refractivity contribution in [1.29, 1.82) is 0 Å². The highest BCUT2D eigenvalue weighted by molar-refractivity contribution is 5.70. The maximum absolute atomic E-state index is 12.4. The minimum Gasteiger partial charge on any atom is -0.462 e. The molecule has 0 aliphatic rings. The lowest BCUT2D eigenvalue weighted by molar-refractivity contribution is -0.161. The fraction of sp³-hybridized carbons (Fsp3) is 0.818. The van der Waals surface area contributed by atoms with E-state index in [4.69, 9.17) is 9.47 Å². The molecule has 478 valence electrons. The Bertz CT molecular complexity index is 1440. The van der Waals surface area contributed by atoms with Gasteiger partial charge in [-0.15, -0.1) is 0 Å². The standard InChI is InChI=1S/C77H140O5/c1-3-5-7-9-11-13-15-17-19-21-23-25-27-29-31-33-35-37-38-40-42-44-46-48-50-52-54-56-58-60-62-64-66-68-70-72-77(80)82-75(73-78)74-81-76(79)71-69-67-65-63-61-59-57-55-53-51-49-47-45-43-41-39-36-34-32-30-28-26-24-22-20-18-16-14-12-10-8-6-4-2/h5,7,11,13,17,19,23,25,29,31,35,37,75,78H,3-4,6,8-10,12,14-16,18,20-22,24,26-28,30,32-34,36,38-74H2,1-2H3/b7-5-,13-11-,19-17-,25-23-,31-29-,37-35-. The molecular weight excluding hydrogens is 1000 g/mol. The molecule has 0 rings (SSSR count). The quantitative estimate of drug-likeness (QED) is 0.0373. The van der Waals surface area contributed by atoms with Crippen molar-refractivity contribution in [3.63, 3.8) is 0 Å². The Morgan fingerprint density at radius 1 is 0.293 bits per heavy atom. The predicted molar refractivity (Wildman–Crippen MR) is 362 cm³/mol. The molecule has 0 saturated carbocycles. The smallest absolute Gasteiger partial charge is 0.306 e. The number of hydrogen-bond acceptors (Lipinski definition) is 5. The van der Waals surface area contributed by atoms with Gasteiger partial charge in [-0.05, 0) is 64.2 Å². The van der Waals surface area contributed by atoms with Crippen LogP contribution in [0.25, 0.3) is 0 Å². The third-order valence-corrected chi connectivity index (χ3v) is 16.5. The topological polar surface area (TPSA) is 72.8 Å². The van der Waals surface area contributed by atoms with E-state index < -0.39 is 6.10 Å². The molecule has 0 bridgehead atoms. The van der Waals surface area contributed by atoms with E-state index in [9.17, 15) is 14.7 Å². The van der Waals surface area contributed by atoms with Gasteiger partial charge in [0.2, 0.25) is 0 Å². The maximum atomic E-state index is 12.4. The molecule has 5 heteroatoms. The third kappa shape index (κ3) is 69.8. The molecule has 0 aliphatic carbocycles. The molecule has 0 heterocycles. The fourth-order valence-electron chi connectivity index (χ4n) is 11.1. The number of aliphatic hydroxyl groups is 1. The molecular formula is C77H140O5. The van der Waals surface area contributed by atoms with Crippen LogP contribution < -0.4 is 0 Å². The lowest BCUT2D eigenvalue weighted by Gasteiger charge is -2.15. The number of ether oxygens (including phenoxy) is 2. The SMILES string of the molecule is CC/C=C\C/C=C\C/C=C\C/C=C\C/C=C\C/C=C\CCCCCCCCCCCCCCCCCCC(=O)OC(CO)COC(=O)CCCCCCCCCCCCCCCCCCCCCCCCCCCCCCCCCCC. The minimum atomic E-state index is -0.773. The van der Waals surface area contributed by atoms with Gasteiger partial charge in [0.25, 0.3) is 0 Å². The van der Waals surface area contributed by atoms with Crippen molar-refractivity contribution in [1.82, 2.24) is 0 Å². The van der Waals surface area contributed by atoms with Crippen molar-refractivity contribution in [2.45, 2.75) is 392 Å². The first-order chi connectivity index (χ1) is 40.6. The van der Waals surface area contributed by atoms with Crippen LogP contribution in [-0.2, 0) is 19.1 Å². The number of carbonyl (C=O) groups is 2. The van der Waals surface area contributed by atoms with Crippen molar-refractivity contribution in [3.8, 4) is 0 Å². The van der Waals surface area contributed by atoms with Crippen LogP contribution in [0.1, 0.15) is 386 Å². The summed E-state index contributed by atoms with van der Waals surface area (Å²) >= 11 is 0. The molecule has 0 fully saturated rings. The van der Waals surface area contributed by atoms with Crippen LogP contribution in [-0.4, -0.2) is 36.4 Å². The fourth-order valence-corrected chi connectivity index (χ4v) is 11.1. The first kappa shape index (κ1) is 79.3. The van der Waals surface area contributed by atoms with Gasteiger partial charge in [-0.2, -0.15) is 0 Å². The zero-order chi connectivity index (χ0) is 59.1.